The highest BCUT2D eigenvalue weighted by Crippen LogP contribution is 2.70. The minimum absolute atomic E-state index is 0.0805. The Morgan fingerprint density at radius 2 is 2.04 bits per heavy atom. The number of carbonyl (C=O) groups excluding carboxylic acids is 1. The van der Waals surface area contributed by atoms with Gasteiger partial charge in [-0.1, -0.05) is 30.3 Å². The highest BCUT2D eigenvalue weighted by Gasteiger charge is 2.66. The maximum Gasteiger partial charge on any atom is 0.226 e. The quantitative estimate of drug-likeness (QED) is 0.927. The van der Waals surface area contributed by atoms with Crippen molar-refractivity contribution >= 4 is 5.91 Å². The van der Waals surface area contributed by atoms with E-state index in [0.717, 1.165) is 50.6 Å². The number of hydrogen-bond acceptors (Lipinski definition) is 2. The summed E-state index contributed by atoms with van der Waals surface area (Å²) >= 11 is 0. The molecular weight excluding hydrogens is 296 g/mol. The van der Waals surface area contributed by atoms with Crippen molar-refractivity contribution in [2.75, 3.05) is 20.1 Å². The van der Waals surface area contributed by atoms with Gasteiger partial charge in [-0.15, -0.1) is 0 Å². The fraction of sp³-hybridized carbons (Fsp3) is 0.667. The third kappa shape index (κ3) is 2.03. The summed E-state index contributed by atoms with van der Waals surface area (Å²) in [5.74, 6) is 1.85. The molecule has 5 fully saturated rings. The lowest BCUT2D eigenvalue weighted by Gasteiger charge is -2.40. The van der Waals surface area contributed by atoms with E-state index in [1.807, 2.05) is 0 Å². The van der Waals surface area contributed by atoms with Crippen LogP contribution in [0.2, 0.25) is 0 Å². The molecule has 1 heterocycles. The standard InChI is InChI=1S/C21H28N2O/c1-23-8-7-18(13-23)22-19(24)20-10-15-9-17(12-20)21(11-15,14-20)16-5-3-2-4-6-16/h2-6,15,17-18H,7-14H2,1H3,(H,22,24)/t15?,17?,18-,20?,21?/m1/s1. The van der Waals surface area contributed by atoms with Gasteiger partial charge in [0.25, 0.3) is 0 Å². The molecule has 1 aromatic carbocycles. The first-order valence-electron chi connectivity index (χ1n) is 9.65. The Morgan fingerprint density at radius 3 is 2.79 bits per heavy atom. The number of nitrogens with zero attached hydrogens (tertiary/aromatic N) is 1. The van der Waals surface area contributed by atoms with E-state index in [1.54, 1.807) is 0 Å². The largest absolute Gasteiger partial charge is 0.352 e. The summed E-state index contributed by atoms with van der Waals surface area (Å²) in [5, 5.41) is 3.43. The molecule has 1 saturated heterocycles. The first-order chi connectivity index (χ1) is 11.6. The molecule has 3 heteroatoms. The lowest BCUT2D eigenvalue weighted by Crippen LogP contribution is -2.48. The van der Waals surface area contributed by atoms with Gasteiger partial charge >= 0.3 is 0 Å². The van der Waals surface area contributed by atoms with Crippen molar-refractivity contribution in [3.05, 3.63) is 35.9 Å². The van der Waals surface area contributed by atoms with Crippen LogP contribution in [0.15, 0.2) is 30.3 Å². The van der Waals surface area contributed by atoms with Crippen molar-refractivity contribution in [1.29, 1.82) is 0 Å². The summed E-state index contributed by atoms with van der Waals surface area (Å²) in [4.78, 5) is 15.6. The SMILES string of the molecule is CN1CC[C@@H](NC(=O)C23CC4CC(C2)C(c2ccccc2)(C4)C3)C1. The van der Waals surface area contributed by atoms with Crippen LogP contribution in [0.4, 0.5) is 0 Å². The van der Waals surface area contributed by atoms with Gasteiger partial charge < -0.3 is 10.2 Å². The Hall–Kier alpha value is -1.35. The van der Waals surface area contributed by atoms with Crippen molar-refractivity contribution in [2.45, 2.75) is 50.0 Å². The molecule has 24 heavy (non-hydrogen) atoms. The Labute approximate surface area is 144 Å². The molecule has 1 aliphatic heterocycles. The maximum absolute atomic E-state index is 13.3. The van der Waals surface area contributed by atoms with E-state index >= 15 is 0 Å². The van der Waals surface area contributed by atoms with Crippen molar-refractivity contribution < 1.29 is 4.79 Å². The predicted molar refractivity (Wildman–Crippen MR) is 94.7 cm³/mol. The van der Waals surface area contributed by atoms with Crippen molar-refractivity contribution in [2.24, 2.45) is 17.3 Å². The van der Waals surface area contributed by atoms with Crippen LogP contribution in [-0.2, 0) is 10.2 Å². The smallest absolute Gasteiger partial charge is 0.226 e. The monoisotopic (exact) mass is 324 g/mol. The number of benzene rings is 1. The van der Waals surface area contributed by atoms with Gasteiger partial charge in [0.15, 0.2) is 0 Å². The molecule has 4 saturated carbocycles. The van der Waals surface area contributed by atoms with Crippen LogP contribution in [0.5, 0.6) is 0 Å². The van der Waals surface area contributed by atoms with E-state index in [9.17, 15) is 4.79 Å². The molecule has 1 N–H and O–H groups in total. The summed E-state index contributed by atoms with van der Waals surface area (Å²) in [5.41, 5.74) is 1.70. The van der Waals surface area contributed by atoms with Gasteiger partial charge in [0, 0.05) is 12.6 Å². The van der Waals surface area contributed by atoms with Crippen LogP contribution in [-0.4, -0.2) is 37.0 Å². The van der Waals surface area contributed by atoms with Crippen LogP contribution in [0.3, 0.4) is 0 Å². The molecule has 4 bridgehead atoms. The van der Waals surface area contributed by atoms with E-state index in [0.29, 0.717) is 11.9 Å². The summed E-state index contributed by atoms with van der Waals surface area (Å²) in [6, 6.07) is 11.4. The number of hydrogen-bond donors (Lipinski definition) is 1. The summed E-state index contributed by atoms with van der Waals surface area (Å²) in [6.07, 6.45) is 7.09. The molecule has 5 aliphatic rings. The third-order valence-electron chi connectivity index (χ3n) is 7.58. The third-order valence-corrected chi connectivity index (χ3v) is 7.58. The highest BCUT2D eigenvalue weighted by molar-refractivity contribution is 5.84. The first-order valence-corrected chi connectivity index (χ1v) is 9.65. The van der Waals surface area contributed by atoms with Crippen LogP contribution in [0.1, 0.15) is 44.1 Å². The topological polar surface area (TPSA) is 32.3 Å². The number of amides is 1. The molecule has 5 atom stereocenters. The van der Waals surface area contributed by atoms with Gasteiger partial charge in [-0.25, -0.2) is 0 Å². The van der Waals surface area contributed by atoms with E-state index in [1.165, 1.54) is 18.4 Å². The van der Waals surface area contributed by atoms with Crippen LogP contribution in [0, 0.1) is 17.3 Å². The zero-order valence-electron chi connectivity index (χ0n) is 14.6. The molecule has 6 rings (SSSR count). The van der Waals surface area contributed by atoms with Crippen LogP contribution in [0.25, 0.3) is 0 Å². The minimum Gasteiger partial charge on any atom is -0.352 e. The zero-order chi connectivity index (χ0) is 16.4. The average Bonchev–Trinajstić information content (AvgIpc) is 3.17. The molecule has 1 amide bonds. The Kier molecular flexibility index (Phi) is 3.16. The van der Waals surface area contributed by atoms with Gasteiger partial charge in [-0.3, -0.25) is 4.79 Å². The second-order valence-corrected chi connectivity index (χ2v) is 9.11. The normalized spacial score (nSPS) is 43.5. The number of carbonyl (C=O) groups is 1. The van der Waals surface area contributed by atoms with E-state index in [2.05, 4.69) is 47.6 Å². The van der Waals surface area contributed by atoms with Gasteiger partial charge in [-0.05, 0) is 74.9 Å². The van der Waals surface area contributed by atoms with Crippen molar-refractivity contribution in [1.82, 2.24) is 10.2 Å². The fourth-order valence-corrected chi connectivity index (χ4v) is 6.78. The first kappa shape index (κ1) is 14.9. The van der Waals surface area contributed by atoms with Gasteiger partial charge in [0.05, 0.1) is 5.41 Å². The lowest BCUT2D eigenvalue weighted by molar-refractivity contribution is -0.134. The Balaban J connectivity index is 1.41. The van der Waals surface area contributed by atoms with Gasteiger partial charge in [-0.2, -0.15) is 0 Å². The van der Waals surface area contributed by atoms with E-state index in [4.69, 9.17) is 0 Å². The van der Waals surface area contributed by atoms with Gasteiger partial charge in [0.2, 0.25) is 5.91 Å². The second kappa shape index (κ2) is 5.08. The molecule has 3 nitrogen and oxygen atoms in total. The van der Waals surface area contributed by atoms with Gasteiger partial charge in [0.1, 0.15) is 0 Å². The predicted octanol–water partition coefficient (Wildman–Crippen LogP) is 2.95. The van der Waals surface area contributed by atoms with Crippen molar-refractivity contribution in [3.8, 4) is 0 Å². The zero-order valence-corrected chi connectivity index (χ0v) is 14.6. The van der Waals surface area contributed by atoms with Crippen molar-refractivity contribution in [3.63, 3.8) is 0 Å². The number of nitrogens with one attached hydrogen (secondary N) is 1. The summed E-state index contributed by atoms with van der Waals surface area (Å²) < 4.78 is 0. The number of likely N-dealkylation sites (N-methyl/N-ethyl adjacent to an activating group) is 1. The average molecular weight is 324 g/mol. The van der Waals surface area contributed by atoms with Crippen LogP contribution >= 0.6 is 0 Å². The minimum atomic E-state index is -0.0805. The molecule has 128 valence electrons. The fourth-order valence-electron chi connectivity index (χ4n) is 6.78. The van der Waals surface area contributed by atoms with E-state index < -0.39 is 0 Å². The number of likely N-dealkylation sites (tertiary alicyclic amines) is 1. The number of rotatable bonds is 3. The molecular formula is C21H28N2O. The highest BCUT2D eigenvalue weighted by atomic mass is 16.2. The molecule has 4 aliphatic carbocycles. The Morgan fingerprint density at radius 1 is 1.21 bits per heavy atom. The van der Waals surface area contributed by atoms with E-state index in [-0.39, 0.29) is 10.8 Å². The Bertz CT molecular complexity index is 659. The lowest BCUT2D eigenvalue weighted by atomic mass is 9.64. The maximum atomic E-state index is 13.3. The summed E-state index contributed by atoms with van der Waals surface area (Å²) in [7, 11) is 2.15. The molecule has 0 spiro atoms. The summed E-state index contributed by atoms with van der Waals surface area (Å²) in [6.45, 7) is 2.12. The van der Waals surface area contributed by atoms with Crippen LogP contribution < -0.4 is 5.32 Å². The molecule has 1 aromatic rings. The molecule has 4 unspecified atom stereocenters. The molecule has 0 aromatic heterocycles. The molecule has 0 radical (unpaired) electrons. The second-order valence-electron chi connectivity index (χ2n) is 9.11.